The van der Waals surface area contributed by atoms with Gasteiger partial charge in [0.1, 0.15) is 23.0 Å². The Hall–Kier alpha value is -3.32. The highest BCUT2D eigenvalue weighted by Gasteiger charge is 2.38. The van der Waals surface area contributed by atoms with Crippen molar-refractivity contribution in [2.45, 2.75) is 33.6 Å². The molecule has 1 N–H and O–H groups in total. The average molecular weight is 456 g/mol. The Bertz CT molecular complexity index is 1170. The van der Waals surface area contributed by atoms with Gasteiger partial charge < -0.3 is 9.73 Å². The number of anilines is 1. The van der Waals surface area contributed by atoms with Gasteiger partial charge >= 0.3 is 5.63 Å². The summed E-state index contributed by atoms with van der Waals surface area (Å²) in [5, 5.41) is 2.88. The van der Waals surface area contributed by atoms with Gasteiger partial charge in [0.2, 0.25) is 0 Å². The summed E-state index contributed by atoms with van der Waals surface area (Å²) in [6, 6.07) is 7.25. The summed E-state index contributed by atoms with van der Waals surface area (Å²) >= 11 is 5.81. The number of hydrogen-bond acceptors (Lipinski definition) is 6. The summed E-state index contributed by atoms with van der Waals surface area (Å²) in [5.74, 6) is -2.47. The van der Waals surface area contributed by atoms with Gasteiger partial charge in [-0.3, -0.25) is 19.2 Å². The topological polar surface area (TPSA) is 111 Å². The maximum absolute atomic E-state index is 12.4. The average Bonchev–Trinajstić information content (AvgIpc) is 2.68. The number of rotatable bonds is 5. The summed E-state index contributed by atoms with van der Waals surface area (Å²) in [6.45, 7) is 4.98. The van der Waals surface area contributed by atoms with Gasteiger partial charge in [-0.15, -0.1) is 0 Å². The minimum Gasteiger partial charge on any atom is -0.421 e. The van der Waals surface area contributed by atoms with E-state index >= 15 is 0 Å². The lowest BCUT2D eigenvalue weighted by Crippen LogP contribution is -2.36. The van der Waals surface area contributed by atoms with Crippen LogP contribution in [0.5, 0.6) is 0 Å². The minimum absolute atomic E-state index is 0.0308. The van der Waals surface area contributed by atoms with Crippen molar-refractivity contribution in [2.24, 2.45) is 11.3 Å². The summed E-state index contributed by atoms with van der Waals surface area (Å²) in [7, 11) is 0. The standard InChI is InChI=1S/C24H22ClNO6/c1-13(27)17-10-18(26-22(30)14-4-6-15(25)7-5-14)23(31)32-21(17)9-8-16-19(28)11-24(2,3)12-20(16)29/h4-10,16H,11-12H2,1-3H3,(H,26,30)/b9-8+. The fourth-order valence-electron chi connectivity index (χ4n) is 3.57. The molecule has 0 atom stereocenters. The second-order valence-corrected chi connectivity index (χ2v) is 8.97. The first-order valence-corrected chi connectivity index (χ1v) is 10.3. The quantitative estimate of drug-likeness (QED) is 0.530. The number of hydrogen-bond donors (Lipinski definition) is 1. The molecule has 0 spiro atoms. The van der Waals surface area contributed by atoms with Gasteiger partial charge in [-0.2, -0.15) is 0 Å². The van der Waals surface area contributed by atoms with E-state index in [1.54, 1.807) is 0 Å². The Morgan fingerprint density at radius 1 is 1.09 bits per heavy atom. The number of nitrogens with one attached hydrogen (secondary N) is 1. The van der Waals surface area contributed by atoms with Crippen molar-refractivity contribution in [2.75, 3.05) is 5.32 Å². The number of benzene rings is 1. The minimum atomic E-state index is -0.947. The Balaban J connectivity index is 1.88. The number of allylic oxidation sites excluding steroid dienone is 1. The second kappa shape index (κ2) is 9.04. The van der Waals surface area contributed by atoms with Crippen molar-refractivity contribution < 1.29 is 23.6 Å². The van der Waals surface area contributed by atoms with Crippen molar-refractivity contribution in [3.63, 3.8) is 0 Å². The van der Waals surface area contributed by atoms with Crippen LogP contribution in [0.4, 0.5) is 5.69 Å². The van der Waals surface area contributed by atoms with Crippen LogP contribution in [-0.2, 0) is 9.59 Å². The highest BCUT2D eigenvalue weighted by atomic mass is 35.5. The van der Waals surface area contributed by atoms with E-state index < -0.39 is 23.2 Å². The van der Waals surface area contributed by atoms with E-state index in [1.807, 2.05) is 13.8 Å². The predicted octanol–water partition coefficient (Wildman–Crippen LogP) is 4.34. The lowest BCUT2D eigenvalue weighted by atomic mass is 9.71. The van der Waals surface area contributed by atoms with Gasteiger partial charge in [-0.1, -0.05) is 31.5 Å². The third-order valence-electron chi connectivity index (χ3n) is 5.15. The molecule has 1 aliphatic carbocycles. The summed E-state index contributed by atoms with van der Waals surface area (Å²) in [5.41, 5.74) is -1.18. The molecule has 8 heteroatoms. The van der Waals surface area contributed by atoms with Gasteiger partial charge in [0.25, 0.3) is 5.91 Å². The third-order valence-corrected chi connectivity index (χ3v) is 5.40. The zero-order valence-corrected chi connectivity index (χ0v) is 18.6. The summed E-state index contributed by atoms with van der Waals surface area (Å²) in [4.78, 5) is 61.7. The van der Waals surface area contributed by atoms with Gasteiger partial charge in [0, 0.05) is 23.4 Å². The molecule has 1 aliphatic rings. The molecular formula is C24H22ClNO6. The molecule has 0 bridgehead atoms. The lowest BCUT2D eigenvalue weighted by molar-refractivity contribution is -0.137. The van der Waals surface area contributed by atoms with Crippen LogP contribution in [0.3, 0.4) is 0 Å². The van der Waals surface area contributed by atoms with Crippen LogP contribution in [0, 0.1) is 11.3 Å². The van der Waals surface area contributed by atoms with Crippen LogP contribution >= 0.6 is 11.6 Å². The molecule has 1 aromatic heterocycles. The molecule has 166 valence electrons. The van der Waals surface area contributed by atoms with Gasteiger partial charge in [0.15, 0.2) is 5.78 Å². The highest BCUT2D eigenvalue weighted by molar-refractivity contribution is 6.30. The van der Waals surface area contributed by atoms with Crippen LogP contribution in [0.15, 0.2) is 45.6 Å². The fourth-order valence-corrected chi connectivity index (χ4v) is 3.70. The molecule has 1 heterocycles. The summed E-state index contributed by atoms with van der Waals surface area (Å²) < 4.78 is 5.24. The normalized spacial score (nSPS) is 16.4. The maximum atomic E-state index is 12.4. The van der Waals surface area contributed by atoms with E-state index in [0.29, 0.717) is 5.02 Å². The van der Waals surface area contributed by atoms with Crippen LogP contribution in [0.25, 0.3) is 6.08 Å². The first-order valence-electron chi connectivity index (χ1n) is 9.96. The van der Waals surface area contributed by atoms with Crippen molar-refractivity contribution in [1.29, 1.82) is 0 Å². The first kappa shape index (κ1) is 23.3. The van der Waals surface area contributed by atoms with Gasteiger partial charge in [-0.05, 0) is 48.7 Å². The van der Waals surface area contributed by atoms with E-state index in [9.17, 15) is 24.0 Å². The zero-order chi connectivity index (χ0) is 23.6. The molecular weight excluding hydrogens is 434 g/mol. The van der Waals surface area contributed by atoms with Crippen molar-refractivity contribution in [1.82, 2.24) is 0 Å². The molecule has 1 aromatic carbocycles. The molecule has 1 amide bonds. The molecule has 3 rings (SSSR count). The molecule has 7 nitrogen and oxygen atoms in total. The van der Waals surface area contributed by atoms with Gasteiger partial charge in [0.05, 0.1) is 11.5 Å². The zero-order valence-electron chi connectivity index (χ0n) is 17.9. The molecule has 2 aromatic rings. The fraction of sp³-hybridized carbons (Fsp3) is 0.292. The van der Waals surface area contributed by atoms with E-state index in [0.717, 1.165) is 0 Å². The smallest absolute Gasteiger partial charge is 0.360 e. The molecule has 0 aliphatic heterocycles. The number of amides is 1. The van der Waals surface area contributed by atoms with Crippen molar-refractivity contribution in [3.05, 3.63) is 68.7 Å². The van der Waals surface area contributed by atoms with Gasteiger partial charge in [-0.25, -0.2) is 4.79 Å². The number of ketones is 3. The summed E-state index contributed by atoms with van der Waals surface area (Å²) in [6.07, 6.45) is 3.16. The number of carbonyl (C=O) groups is 4. The van der Waals surface area contributed by atoms with Crippen LogP contribution in [-0.4, -0.2) is 23.3 Å². The highest BCUT2D eigenvalue weighted by Crippen LogP contribution is 2.34. The van der Waals surface area contributed by atoms with Crippen molar-refractivity contribution >= 4 is 46.6 Å². The third kappa shape index (κ3) is 5.29. The molecule has 1 fully saturated rings. The van der Waals surface area contributed by atoms with E-state index in [4.69, 9.17) is 16.0 Å². The van der Waals surface area contributed by atoms with Crippen LogP contribution in [0.2, 0.25) is 5.02 Å². The maximum Gasteiger partial charge on any atom is 0.360 e. The van der Waals surface area contributed by atoms with Crippen LogP contribution in [0.1, 0.15) is 60.1 Å². The molecule has 0 saturated heterocycles. The first-order chi connectivity index (χ1) is 15.0. The van der Waals surface area contributed by atoms with E-state index in [2.05, 4.69) is 5.32 Å². The Kier molecular flexibility index (Phi) is 6.60. The molecule has 32 heavy (non-hydrogen) atoms. The number of carbonyl (C=O) groups excluding carboxylic acids is 4. The van der Waals surface area contributed by atoms with Crippen molar-refractivity contribution in [3.8, 4) is 0 Å². The number of halogens is 1. The Labute approximate surface area is 189 Å². The largest absolute Gasteiger partial charge is 0.421 e. The van der Waals surface area contributed by atoms with E-state index in [-0.39, 0.29) is 52.4 Å². The SMILES string of the molecule is CC(=O)c1cc(NC(=O)c2ccc(Cl)cc2)c(=O)oc1/C=C/C1C(=O)CC(C)(C)CC1=O. The Morgan fingerprint density at radius 3 is 2.25 bits per heavy atom. The van der Waals surface area contributed by atoms with Crippen LogP contribution < -0.4 is 10.9 Å². The lowest BCUT2D eigenvalue weighted by Gasteiger charge is -2.30. The molecule has 0 unspecified atom stereocenters. The molecule has 1 saturated carbocycles. The van der Waals surface area contributed by atoms with E-state index in [1.165, 1.54) is 49.4 Å². The second-order valence-electron chi connectivity index (χ2n) is 8.53. The number of Topliss-reactive ketones (excluding diaryl/α,β-unsaturated/α-hetero) is 3. The predicted molar refractivity (Wildman–Crippen MR) is 120 cm³/mol. The molecule has 0 radical (unpaired) electrons. The Morgan fingerprint density at radius 2 is 1.69 bits per heavy atom. The monoisotopic (exact) mass is 455 g/mol.